The summed E-state index contributed by atoms with van der Waals surface area (Å²) >= 11 is 0. The zero-order chi connectivity index (χ0) is 23.6. The topological polar surface area (TPSA) is 65.1 Å². The molecule has 1 fully saturated rings. The van der Waals surface area contributed by atoms with E-state index in [0.29, 0.717) is 26.2 Å². The van der Waals surface area contributed by atoms with Gasteiger partial charge in [0.2, 0.25) is 0 Å². The number of hydrogen-bond donors (Lipinski definition) is 0. The second-order valence-electron chi connectivity index (χ2n) is 8.64. The van der Waals surface area contributed by atoms with Crippen LogP contribution in [0.1, 0.15) is 44.7 Å². The number of hydrogen-bond acceptors (Lipinski definition) is 6. The van der Waals surface area contributed by atoms with E-state index in [0.717, 1.165) is 24.1 Å². The van der Waals surface area contributed by atoms with E-state index in [1.807, 2.05) is 60.7 Å². The van der Waals surface area contributed by atoms with Gasteiger partial charge in [0.15, 0.2) is 0 Å². The third-order valence-corrected chi connectivity index (χ3v) is 5.85. The zero-order valence-corrected chi connectivity index (χ0v) is 19.8. The van der Waals surface area contributed by atoms with E-state index in [-0.39, 0.29) is 17.8 Å². The molecule has 2 aromatic rings. The lowest BCUT2D eigenvalue weighted by Crippen LogP contribution is -2.64. The van der Waals surface area contributed by atoms with E-state index in [4.69, 9.17) is 14.2 Å². The Hall–Kier alpha value is -2.54. The van der Waals surface area contributed by atoms with Crippen molar-refractivity contribution >= 4 is 11.8 Å². The number of Topliss-reactive ketones (excluding diaryl/α,β-unsaturated/α-hetero) is 1. The largest absolute Gasteiger partial charge is 0.458 e. The van der Waals surface area contributed by atoms with Gasteiger partial charge in [-0.3, -0.25) is 14.5 Å². The lowest BCUT2D eigenvalue weighted by molar-refractivity contribution is -0.204. The summed E-state index contributed by atoms with van der Waals surface area (Å²) in [5, 5.41) is 0. The molecule has 6 heteroatoms. The molecule has 0 amide bonds. The lowest BCUT2D eigenvalue weighted by atomic mass is 9.89. The molecule has 6 nitrogen and oxygen atoms in total. The Bertz CT molecular complexity index is 873. The van der Waals surface area contributed by atoms with Crippen LogP contribution in [0.25, 0.3) is 0 Å². The van der Waals surface area contributed by atoms with Crippen molar-refractivity contribution in [2.75, 3.05) is 13.1 Å². The van der Waals surface area contributed by atoms with Crippen LogP contribution in [-0.4, -0.2) is 54.1 Å². The van der Waals surface area contributed by atoms with Gasteiger partial charge in [-0.25, -0.2) is 0 Å². The van der Waals surface area contributed by atoms with E-state index in [9.17, 15) is 9.59 Å². The van der Waals surface area contributed by atoms with Crippen molar-refractivity contribution in [3.8, 4) is 0 Å². The van der Waals surface area contributed by atoms with E-state index in [1.165, 1.54) is 6.92 Å². The predicted molar refractivity (Wildman–Crippen MR) is 127 cm³/mol. The highest BCUT2D eigenvalue weighted by Crippen LogP contribution is 2.30. The molecule has 0 aromatic heterocycles. The Labute approximate surface area is 196 Å². The van der Waals surface area contributed by atoms with Crippen LogP contribution in [-0.2, 0) is 37.0 Å². The van der Waals surface area contributed by atoms with Crippen molar-refractivity contribution < 1.29 is 23.8 Å². The number of carbonyl (C=O) groups is 2. The summed E-state index contributed by atoms with van der Waals surface area (Å²) in [4.78, 5) is 26.4. The van der Waals surface area contributed by atoms with Gasteiger partial charge >= 0.3 is 5.97 Å². The molecule has 3 rings (SSSR count). The molecule has 4 atom stereocenters. The second kappa shape index (κ2) is 12.6. The standard InChI is InChI=1S/C27H35NO5/c1-4-15-28-17-25(33-21(3)30)27(32-19-23-13-9-6-10-14-23)26(24(28)16-20(2)29)31-18-22-11-7-5-8-12-22/h5-14,24-27H,4,15-19H2,1-3H3/t24?,25-,26+,27-/m1/s1. The van der Waals surface area contributed by atoms with Gasteiger partial charge in [-0.1, -0.05) is 67.6 Å². The minimum Gasteiger partial charge on any atom is -0.458 e. The molecule has 1 aliphatic heterocycles. The highest BCUT2D eigenvalue weighted by molar-refractivity contribution is 5.76. The smallest absolute Gasteiger partial charge is 0.303 e. The van der Waals surface area contributed by atoms with E-state index in [2.05, 4.69) is 11.8 Å². The quantitative estimate of drug-likeness (QED) is 0.476. The van der Waals surface area contributed by atoms with Crippen molar-refractivity contribution in [1.82, 2.24) is 4.90 Å². The number of esters is 1. The fourth-order valence-electron chi connectivity index (χ4n) is 4.45. The van der Waals surface area contributed by atoms with Crippen LogP contribution in [0.3, 0.4) is 0 Å². The molecular weight excluding hydrogens is 418 g/mol. The fourth-order valence-corrected chi connectivity index (χ4v) is 4.45. The number of ketones is 1. The van der Waals surface area contributed by atoms with Gasteiger partial charge in [-0.2, -0.15) is 0 Å². The monoisotopic (exact) mass is 453 g/mol. The van der Waals surface area contributed by atoms with Crippen molar-refractivity contribution in [3.05, 3.63) is 71.8 Å². The van der Waals surface area contributed by atoms with Crippen LogP contribution in [0, 0.1) is 0 Å². The van der Waals surface area contributed by atoms with Gasteiger partial charge in [-0.15, -0.1) is 0 Å². The normalized spacial score (nSPS) is 23.2. The zero-order valence-electron chi connectivity index (χ0n) is 19.8. The van der Waals surface area contributed by atoms with E-state index >= 15 is 0 Å². The first kappa shape index (κ1) is 25.1. The second-order valence-corrected chi connectivity index (χ2v) is 8.64. The molecule has 33 heavy (non-hydrogen) atoms. The molecule has 0 N–H and O–H groups in total. The van der Waals surface area contributed by atoms with Gasteiger partial charge in [-0.05, 0) is 31.0 Å². The van der Waals surface area contributed by atoms with Crippen LogP contribution in [0.15, 0.2) is 60.7 Å². The van der Waals surface area contributed by atoms with Crippen LogP contribution in [0.5, 0.6) is 0 Å². The Balaban J connectivity index is 1.90. The molecule has 0 spiro atoms. The number of carbonyl (C=O) groups excluding carboxylic acids is 2. The lowest BCUT2D eigenvalue weighted by Gasteiger charge is -2.48. The summed E-state index contributed by atoms with van der Waals surface area (Å²) in [7, 11) is 0. The third-order valence-electron chi connectivity index (χ3n) is 5.85. The van der Waals surface area contributed by atoms with Gasteiger partial charge in [0, 0.05) is 25.9 Å². The number of ether oxygens (including phenoxy) is 3. The summed E-state index contributed by atoms with van der Waals surface area (Å²) in [6.45, 7) is 7.18. The van der Waals surface area contributed by atoms with Crippen molar-refractivity contribution in [2.45, 2.75) is 71.2 Å². The van der Waals surface area contributed by atoms with Gasteiger partial charge < -0.3 is 14.2 Å². The molecule has 0 bridgehead atoms. The molecule has 0 radical (unpaired) electrons. The van der Waals surface area contributed by atoms with Crippen LogP contribution in [0.2, 0.25) is 0 Å². The predicted octanol–water partition coefficient (Wildman–Crippen LogP) is 4.16. The summed E-state index contributed by atoms with van der Waals surface area (Å²) in [5.74, 6) is -0.251. The Morgan fingerprint density at radius 2 is 1.42 bits per heavy atom. The van der Waals surface area contributed by atoms with Crippen LogP contribution in [0.4, 0.5) is 0 Å². The molecule has 2 aromatic carbocycles. The maximum absolute atomic E-state index is 12.2. The molecular formula is C27H35NO5. The first-order valence-corrected chi connectivity index (χ1v) is 11.7. The maximum atomic E-state index is 12.2. The van der Waals surface area contributed by atoms with Gasteiger partial charge in [0.1, 0.15) is 24.1 Å². The molecule has 0 saturated carbocycles. The number of benzene rings is 2. The Morgan fingerprint density at radius 3 is 1.91 bits per heavy atom. The summed E-state index contributed by atoms with van der Waals surface area (Å²) in [5.41, 5.74) is 2.07. The van der Waals surface area contributed by atoms with Crippen LogP contribution >= 0.6 is 0 Å². The van der Waals surface area contributed by atoms with Crippen molar-refractivity contribution in [3.63, 3.8) is 0 Å². The average Bonchev–Trinajstić information content (AvgIpc) is 2.79. The first-order valence-electron chi connectivity index (χ1n) is 11.7. The summed E-state index contributed by atoms with van der Waals surface area (Å²) < 4.78 is 18.6. The minimum atomic E-state index is -0.490. The van der Waals surface area contributed by atoms with E-state index < -0.39 is 18.3 Å². The Morgan fingerprint density at radius 1 is 0.879 bits per heavy atom. The summed E-state index contributed by atoms with van der Waals surface area (Å²) in [6.07, 6.45) is -0.126. The van der Waals surface area contributed by atoms with Crippen molar-refractivity contribution in [1.29, 1.82) is 0 Å². The molecule has 1 aliphatic rings. The van der Waals surface area contributed by atoms with Crippen LogP contribution < -0.4 is 0 Å². The van der Waals surface area contributed by atoms with E-state index in [1.54, 1.807) is 6.92 Å². The molecule has 1 saturated heterocycles. The molecule has 1 heterocycles. The number of piperidine rings is 1. The van der Waals surface area contributed by atoms with Crippen molar-refractivity contribution in [2.24, 2.45) is 0 Å². The maximum Gasteiger partial charge on any atom is 0.303 e. The minimum absolute atomic E-state index is 0.0992. The fraction of sp³-hybridized carbons (Fsp3) is 0.481. The Kier molecular flexibility index (Phi) is 9.61. The van der Waals surface area contributed by atoms with Gasteiger partial charge in [0.05, 0.1) is 13.2 Å². The van der Waals surface area contributed by atoms with Gasteiger partial charge in [0.25, 0.3) is 0 Å². The molecule has 178 valence electrons. The number of nitrogens with zero attached hydrogens (tertiary/aromatic N) is 1. The summed E-state index contributed by atoms with van der Waals surface area (Å²) in [6, 6.07) is 19.7. The highest BCUT2D eigenvalue weighted by Gasteiger charge is 2.46. The molecule has 1 unspecified atom stereocenters. The average molecular weight is 454 g/mol. The SMILES string of the molecule is CCCN1C[C@@H](OC(C)=O)[C@@H](OCc2ccccc2)[C@@H](OCc2ccccc2)C1CC(C)=O. The number of likely N-dealkylation sites (tertiary alicyclic amines) is 1. The molecule has 0 aliphatic carbocycles. The highest BCUT2D eigenvalue weighted by atomic mass is 16.6. The first-order chi connectivity index (χ1) is 16.0. The third kappa shape index (κ3) is 7.49. The number of rotatable bonds is 11.